The molecule has 0 saturated heterocycles. The molecule has 0 bridgehead atoms. The summed E-state index contributed by atoms with van der Waals surface area (Å²) < 4.78 is 107. The highest BCUT2D eigenvalue weighted by Gasteiger charge is 2.47. The molecule has 2 heterocycles. The van der Waals surface area contributed by atoms with Crippen LogP contribution in [0.3, 0.4) is 0 Å². The van der Waals surface area contributed by atoms with Gasteiger partial charge in [0.15, 0.2) is 57.5 Å². The van der Waals surface area contributed by atoms with Crippen LogP contribution in [0.5, 0.6) is 69.0 Å². The average Bonchev–Trinajstić information content (AvgIpc) is 1.75. The SMILES string of the molecule is CCC1(Oc2ccc(C(=O)OC)cc2OC)CC1.COC(=O)c1ccc(OC2(C)CC2)c(OC)c1.COC(=O)c1ccc(OC2(CO)CC2)c(OC)c1.COc1cc(C(=O)NCC(C)(O)c2ccc(OC)c(-c3ccc(F)c(Cl)c3)n2)ccc1OC1(C)CC1.COc1cc(C(=O)O)ccc1OC1(C)CC1.COc1ccc(C(C)(O)CN)nc1-c1ccc(F)c(Cl)c1. The van der Waals surface area contributed by atoms with Crippen LogP contribution in [0.1, 0.15) is 175 Å². The maximum atomic E-state index is 13.6. The fourth-order valence-electron chi connectivity index (χ4n) is 12.0. The van der Waals surface area contributed by atoms with E-state index in [9.17, 15) is 48.1 Å². The van der Waals surface area contributed by atoms with E-state index in [0.29, 0.717) is 119 Å². The number of ether oxygens (including phenoxy) is 15. The molecule has 0 radical (unpaired) electrons. The van der Waals surface area contributed by atoms with Crippen LogP contribution in [0.25, 0.3) is 22.5 Å². The summed E-state index contributed by atoms with van der Waals surface area (Å²) >= 11 is 11.7. The first-order valence-corrected chi connectivity index (χ1v) is 41.0. The molecule has 676 valence electrons. The number of carbonyl (C=O) groups excluding carboxylic acids is 4. The van der Waals surface area contributed by atoms with Crippen LogP contribution in [-0.4, -0.2) is 179 Å². The number of esters is 3. The number of carboxylic acids is 1. The number of aromatic carboxylic acids is 1. The zero-order valence-corrected chi connectivity index (χ0v) is 74.8. The summed E-state index contributed by atoms with van der Waals surface area (Å²) in [7, 11) is 14.7. The third-order valence-electron chi connectivity index (χ3n) is 21.4. The van der Waals surface area contributed by atoms with Gasteiger partial charge in [-0.05, 0) is 257 Å². The largest absolute Gasteiger partial charge is 0.494 e. The van der Waals surface area contributed by atoms with Gasteiger partial charge in [0.1, 0.15) is 73.7 Å². The lowest BCUT2D eigenvalue weighted by Gasteiger charge is -2.24. The molecule has 0 spiro atoms. The molecule has 32 heteroatoms. The van der Waals surface area contributed by atoms with Gasteiger partial charge in [0.2, 0.25) is 0 Å². The minimum absolute atomic E-state index is 0.00709. The highest BCUT2D eigenvalue weighted by molar-refractivity contribution is 6.31. The van der Waals surface area contributed by atoms with Gasteiger partial charge >= 0.3 is 23.9 Å². The third-order valence-corrected chi connectivity index (χ3v) is 21.9. The van der Waals surface area contributed by atoms with Gasteiger partial charge < -0.3 is 103 Å². The summed E-state index contributed by atoms with van der Waals surface area (Å²) in [6, 6.07) is 39.6. The molecule has 14 rings (SSSR count). The zero-order chi connectivity index (χ0) is 92.3. The number of halogens is 4. The highest BCUT2D eigenvalue weighted by Crippen LogP contribution is 2.49. The van der Waals surface area contributed by atoms with Gasteiger partial charge in [-0.3, -0.25) is 4.79 Å². The number of hydrogen-bond acceptors (Lipinski definition) is 26. The number of benzene rings is 7. The van der Waals surface area contributed by atoms with Crippen molar-refractivity contribution >= 4 is 53.0 Å². The lowest BCUT2D eigenvalue weighted by atomic mass is 9.99. The van der Waals surface area contributed by atoms with Gasteiger partial charge in [0.05, 0.1) is 128 Å². The van der Waals surface area contributed by atoms with E-state index in [-0.39, 0.29) is 75.3 Å². The summed E-state index contributed by atoms with van der Waals surface area (Å²) in [4.78, 5) is 66.8. The predicted octanol–water partition coefficient (Wildman–Crippen LogP) is 16.8. The minimum Gasteiger partial charge on any atom is -0.494 e. The standard InChI is InChI=1S/C27H28ClFN2O5.C15H16ClFN2O2.C14H18O4.C13H16O5.C13H16O4.C12H14O4/c1-26(11-12-26)36-20-8-6-17(14-22(20)35-4)25(32)30-15-27(2,33)23-10-9-21(34-3)24(31-23)16-5-7-19(29)18(28)13-16;1-15(20,8-18)13-6-5-12(21-2)14(19-13)9-3-4-11(17)10(16)7-9;1-4-14(7-8-14)18-11-6-5-10(13(15)17-3)9-12(11)16-2;1-16-11-7-9(12(15)17-2)3-4-10(11)18-13(8-14)5-6-13;1-13(6-7-13)17-10-5-4-9(12(14)16-3)8-11(10)15-2;1-12(5-6-12)16-9-4-3-8(11(13)14)7-10(9)15-2/h5-10,13-14,33H,11-12,15H2,1-4H3,(H,30,32);3-7,20H,8,18H2,1-2H3;5-6,9H,4,7-8H2,1-3H3;3-4,7,14H,5-6,8H2,1-2H3;4-5,8H,6-7H2,1-3H3;3-4,7H,5-6H2,1-2H3,(H,13,14). The van der Waals surface area contributed by atoms with Gasteiger partial charge in [-0.15, -0.1) is 0 Å². The van der Waals surface area contributed by atoms with Crippen molar-refractivity contribution in [3.05, 3.63) is 213 Å². The number of nitrogens with two attached hydrogens (primary N) is 1. The van der Waals surface area contributed by atoms with Crippen LogP contribution in [-0.2, 0) is 25.4 Å². The van der Waals surface area contributed by atoms with Crippen molar-refractivity contribution in [2.45, 2.75) is 151 Å². The smallest absolute Gasteiger partial charge is 0.337 e. The number of rotatable bonds is 31. The number of aromatic nitrogens is 2. The molecular formula is C94H108Cl2F2N4O24. The van der Waals surface area contributed by atoms with Crippen LogP contribution < -0.4 is 67.9 Å². The first-order valence-electron chi connectivity index (χ1n) is 40.2. The second-order valence-electron chi connectivity index (χ2n) is 31.5. The third kappa shape index (κ3) is 26.1. The van der Waals surface area contributed by atoms with Crippen LogP contribution >= 0.6 is 23.2 Å². The van der Waals surface area contributed by atoms with E-state index in [1.54, 1.807) is 130 Å². The minimum atomic E-state index is -1.52. The summed E-state index contributed by atoms with van der Waals surface area (Å²) in [5.41, 5.74) is 6.45. The number of aliphatic hydroxyl groups excluding tert-OH is 1. The lowest BCUT2D eigenvalue weighted by molar-refractivity contribution is 0.0489. The molecule has 0 aliphatic heterocycles. The molecule has 5 fully saturated rings. The van der Waals surface area contributed by atoms with Crippen LogP contribution in [0, 0.1) is 11.6 Å². The summed E-state index contributed by atoms with van der Waals surface area (Å²) in [6.07, 6.45) is 10.9. The maximum Gasteiger partial charge on any atom is 0.337 e. The number of methoxy groups -OCH3 is 10. The Kier molecular flexibility index (Phi) is 32.9. The average molecular weight is 1790 g/mol. The molecular weight excluding hydrogens is 1680 g/mol. The second kappa shape index (κ2) is 42.4. The molecule has 2 atom stereocenters. The Morgan fingerprint density at radius 1 is 0.413 bits per heavy atom. The van der Waals surface area contributed by atoms with Gasteiger partial charge in [0, 0.05) is 23.2 Å². The van der Waals surface area contributed by atoms with Crippen molar-refractivity contribution in [3.8, 4) is 91.5 Å². The van der Waals surface area contributed by atoms with Crippen molar-refractivity contribution < 1.29 is 124 Å². The molecule has 2 unspecified atom stereocenters. The van der Waals surface area contributed by atoms with Crippen molar-refractivity contribution in [1.82, 2.24) is 15.3 Å². The quantitative estimate of drug-likeness (QED) is 0.0174. The summed E-state index contributed by atoms with van der Waals surface area (Å²) in [6.45, 7) is 11.2. The fraction of sp³-hybridized carbons (Fsp3) is 0.394. The molecule has 7 N–H and O–H groups in total. The number of nitrogens with one attached hydrogen (secondary N) is 1. The number of carboxylic acid groups (broad SMARTS) is 1. The number of carbonyl (C=O) groups is 5. The molecule has 126 heavy (non-hydrogen) atoms. The molecule has 5 aliphatic rings. The van der Waals surface area contributed by atoms with Crippen molar-refractivity contribution in [2.75, 3.05) is 90.8 Å². The number of nitrogens with zero attached hydrogens (tertiary/aromatic N) is 2. The number of aliphatic hydroxyl groups is 3. The molecule has 28 nitrogen and oxygen atoms in total. The Hall–Kier alpha value is -11.9. The summed E-state index contributed by atoms with van der Waals surface area (Å²) in [5, 5.41) is 42.1. The number of amides is 1. The summed E-state index contributed by atoms with van der Waals surface area (Å²) in [5.74, 6) is 2.88. The Balaban J connectivity index is 0.000000176. The Morgan fingerprint density at radius 3 is 1.01 bits per heavy atom. The van der Waals surface area contributed by atoms with E-state index in [1.807, 2.05) is 13.8 Å². The lowest BCUT2D eigenvalue weighted by Crippen LogP contribution is -2.39. The zero-order valence-electron chi connectivity index (χ0n) is 73.3. The number of pyridine rings is 2. The Bertz CT molecular complexity index is 5260. The van der Waals surface area contributed by atoms with E-state index in [1.165, 1.54) is 106 Å². The fourth-order valence-corrected chi connectivity index (χ4v) is 12.4. The Labute approximate surface area is 740 Å². The van der Waals surface area contributed by atoms with Crippen LogP contribution in [0.15, 0.2) is 152 Å². The Morgan fingerprint density at radius 2 is 0.714 bits per heavy atom. The molecule has 2 aromatic heterocycles. The molecule has 5 aliphatic carbocycles. The first-order chi connectivity index (χ1) is 59.8. The molecule has 1 amide bonds. The van der Waals surface area contributed by atoms with E-state index in [0.717, 1.165) is 70.6 Å². The van der Waals surface area contributed by atoms with Gasteiger partial charge in [-0.2, -0.15) is 0 Å². The number of hydrogen-bond donors (Lipinski definition) is 6. The monoisotopic (exact) mass is 1780 g/mol. The van der Waals surface area contributed by atoms with Crippen molar-refractivity contribution in [1.29, 1.82) is 0 Å². The van der Waals surface area contributed by atoms with Gasteiger partial charge in [0.25, 0.3) is 5.91 Å². The molecule has 7 aromatic carbocycles. The van der Waals surface area contributed by atoms with Gasteiger partial charge in [-0.1, -0.05) is 30.1 Å². The van der Waals surface area contributed by atoms with Crippen molar-refractivity contribution in [3.63, 3.8) is 0 Å². The highest BCUT2D eigenvalue weighted by atomic mass is 35.5. The van der Waals surface area contributed by atoms with Crippen molar-refractivity contribution in [2.24, 2.45) is 5.73 Å². The van der Waals surface area contributed by atoms with Crippen LogP contribution in [0.4, 0.5) is 8.78 Å². The second-order valence-corrected chi connectivity index (χ2v) is 32.3. The maximum absolute atomic E-state index is 13.6. The first kappa shape index (κ1) is 97.9. The van der Waals surface area contributed by atoms with E-state index < -0.39 is 46.3 Å². The van der Waals surface area contributed by atoms with E-state index in [2.05, 4.69) is 43.3 Å². The van der Waals surface area contributed by atoms with E-state index in [4.69, 9.17) is 90.9 Å². The molecule has 5 saturated carbocycles. The van der Waals surface area contributed by atoms with Gasteiger partial charge in [-0.25, -0.2) is 37.9 Å². The predicted molar refractivity (Wildman–Crippen MR) is 466 cm³/mol. The topological polar surface area (TPSA) is 369 Å². The molecule has 9 aromatic rings. The normalized spacial score (nSPS) is 15.6. The van der Waals surface area contributed by atoms with Crippen LogP contribution in [0.2, 0.25) is 10.0 Å². The van der Waals surface area contributed by atoms with E-state index >= 15 is 0 Å².